The summed E-state index contributed by atoms with van der Waals surface area (Å²) in [4.78, 5) is 0. The fourth-order valence-corrected chi connectivity index (χ4v) is 3.22. The van der Waals surface area contributed by atoms with Crippen molar-refractivity contribution in [3.8, 4) is 6.07 Å². The molecule has 2 heteroatoms. The maximum absolute atomic E-state index is 9.15. The zero-order chi connectivity index (χ0) is 14.5. The van der Waals surface area contributed by atoms with Gasteiger partial charge in [0.1, 0.15) is 6.07 Å². The first-order valence-electron chi connectivity index (χ1n) is 7.67. The second kappa shape index (κ2) is 6.45. The number of anilines is 1. The normalized spacial score (nSPS) is 21.5. The van der Waals surface area contributed by atoms with Crippen molar-refractivity contribution in [2.24, 2.45) is 0 Å². The molecule has 1 fully saturated rings. The molecule has 1 aliphatic rings. The van der Waals surface area contributed by atoms with Gasteiger partial charge in [-0.05, 0) is 49.3 Å². The largest absolute Gasteiger partial charge is 0.381 e. The zero-order valence-electron chi connectivity index (χ0n) is 12.1. The summed E-state index contributed by atoms with van der Waals surface area (Å²) >= 11 is 0. The number of hydrogen-bond acceptors (Lipinski definition) is 2. The molecule has 0 aromatic heterocycles. The lowest BCUT2D eigenvalue weighted by molar-refractivity contribution is 0.412. The van der Waals surface area contributed by atoms with Gasteiger partial charge in [-0.2, -0.15) is 5.26 Å². The van der Waals surface area contributed by atoms with Gasteiger partial charge >= 0.3 is 0 Å². The minimum atomic E-state index is 0.486. The molecule has 2 aromatic rings. The first-order chi connectivity index (χ1) is 10.4. The summed E-state index contributed by atoms with van der Waals surface area (Å²) < 4.78 is 0. The maximum atomic E-state index is 9.15. The third kappa shape index (κ3) is 3.25. The van der Waals surface area contributed by atoms with Gasteiger partial charge in [-0.3, -0.25) is 0 Å². The minimum Gasteiger partial charge on any atom is -0.381 e. The highest BCUT2D eigenvalue weighted by Crippen LogP contribution is 2.34. The van der Waals surface area contributed by atoms with Gasteiger partial charge in [-0.1, -0.05) is 42.5 Å². The average molecular weight is 276 g/mol. The number of rotatable bonds is 3. The minimum absolute atomic E-state index is 0.486. The van der Waals surface area contributed by atoms with E-state index in [1.54, 1.807) is 0 Å². The number of nitriles is 1. The Hall–Kier alpha value is -2.27. The fraction of sp³-hybridized carbons (Fsp3) is 0.316. The van der Waals surface area contributed by atoms with E-state index in [0.717, 1.165) is 11.3 Å². The van der Waals surface area contributed by atoms with Crippen molar-refractivity contribution in [2.75, 3.05) is 5.32 Å². The van der Waals surface area contributed by atoms with Gasteiger partial charge in [-0.25, -0.2) is 0 Å². The smallest absolute Gasteiger partial charge is 0.101 e. The van der Waals surface area contributed by atoms with Gasteiger partial charge in [0.05, 0.1) is 11.3 Å². The van der Waals surface area contributed by atoms with Crippen molar-refractivity contribution >= 4 is 5.69 Å². The molecule has 0 heterocycles. The summed E-state index contributed by atoms with van der Waals surface area (Å²) in [5, 5.41) is 12.7. The Morgan fingerprint density at radius 3 is 2.24 bits per heavy atom. The number of hydrogen-bond donors (Lipinski definition) is 1. The molecule has 106 valence electrons. The molecule has 0 spiro atoms. The molecule has 0 saturated heterocycles. The molecule has 1 aliphatic carbocycles. The molecule has 0 bridgehead atoms. The van der Waals surface area contributed by atoms with E-state index >= 15 is 0 Å². The first-order valence-corrected chi connectivity index (χ1v) is 7.67. The molecule has 0 aliphatic heterocycles. The third-order valence-electron chi connectivity index (χ3n) is 4.41. The van der Waals surface area contributed by atoms with Crippen LogP contribution in [-0.4, -0.2) is 6.04 Å². The highest BCUT2D eigenvalue weighted by molar-refractivity contribution is 5.57. The van der Waals surface area contributed by atoms with E-state index in [4.69, 9.17) is 5.26 Å². The van der Waals surface area contributed by atoms with Gasteiger partial charge in [-0.15, -0.1) is 0 Å². The van der Waals surface area contributed by atoms with E-state index in [1.807, 2.05) is 24.3 Å². The van der Waals surface area contributed by atoms with Crippen molar-refractivity contribution in [1.82, 2.24) is 0 Å². The Bertz CT molecular complexity index is 620. The summed E-state index contributed by atoms with van der Waals surface area (Å²) in [6, 6.07) is 21.3. The van der Waals surface area contributed by atoms with Gasteiger partial charge in [0.25, 0.3) is 0 Å². The van der Waals surface area contributed by atoms with Crippen molar-refractivity contribution < 1.29 is 0 Å². The van der Waals surface area contributed by atoms with Crippen LogP contribution in [0.4, 0.5) is 5.69 Å². The van der Waals surface area contributed by atoms with Crippen LogP contribution in [0.15, 0.2) is 54.6 Å². The van der Waals surface area contributed by atoms with Crippen molar-refractivity contribution in [3.63, 3.8) is 0 Å². The van der Waals surface area contributed by atoms with Crippen LogP contribution in [0.25, 0.3) is 0 Å². The topological polar surface area (TPSA) is 35.8 Å². The van der Waals surface area contributed by atoms with Crippen LogP contribution in [-0.2, 0) is 0 Å². The summed E-state index contributed by atoms with van der Waals surface area (Å²) in [6.45, 7) is 0. The molecular formula is C19H20N2. The number of para-hydroxylation sites is 1. The van der Waals surface area contributed by atoms with Crippen LogP contribution in [0.3, 0.4) is 0 Å². The second-order valence-electron chi connectivity index (χ2n) is 5.76. The number of nitrogens with one attached hydrogen (secondary N) is 1. The quantitative estimate of drug-likeness (QED) is 0.882. The van der Waals surface area contributed by atoms with Crippen LogP contribution in [0, 0.1) is 11.3 Å². The lowest BCUT2D eigenvalue weighted by Crippen LogP contribution is -2.25. The SMILES string of the molecule is N#Cc1ccccc1NC1CCC(c2ccccc2)CC1. The molecule has 1 saturated carbocycles. The van der Waals surface area contributed by atoms with E-state index < -0.39 is 0 Å². The highest BCUT2D eigenvalue weighted by Gasteiger charge is 2.22. The van der Waals surface area contributed by atoms with Crippen molar-refractivity contribution in [2.45, 2.75) is 37.6 Å². The summed E-state index contributed by atoms with van der Waals surface area (Å²) in [5.41, 5.74) is 3.18. The molecule has 0 amide bonds. The first kappa shape index (κ1) is 13.7. The van der Waals surface area contributed by atoms with E-state index in [1.165, 1.54) is 31.2 Å². The van der Waals surface area contributed by atoms with Crippen LogP contribution in [0.1, 0.15) is 42.7 Å². The standard InChI is InChI=1S/C19H20N2/c20-14-17-8-4-5-9-19(17)21-18-12-10-16(11-13-18)15-6-2-1-3-7-15/h1-9,16,18,21H,10-13H2. The van der Waals surface area contributed by atoms with Gasteiger partial charge in [0, 0.05) is 6.04 Å². The molecular weight excluding hydrogens is 256 g/mol. The summed E-state index contributed by atoms with van der Waals surface area (Å²) in [5.74, 6) is 0.690. The van der Waals surface area contributed by atoms with E-state index in [9.17, 15) is 0 Å². The van der Waals surface area contributed by atoms with E-state index in [-0.39, 0.29) is 0 Å². The predicted octanol–water partition coefficient (Wildman–Crippen LogP) is 4.70. The molecule has 3 rings (SSSR count). The predicted molar refractivity (Wildman–Crippen MR) is 86.2 cm³/mol. The molecule has 21 heavy (non-hydrogen) atoms. The van der Waals surface area contributed by atoms with Crippen LogP contribution < -0.4 is 5.32 Å². The van der Waals surface area contributed by atoms with Gasteiger partial charge in [0.2, 0.25) is 0 Å². The monoisotopic (exact) mass is 276 g/mol. The Kier molecular flexibility index (Phi) is 4.21. The van der Waals surface area contributed by atoms with E-state index in [2.05, 4.69) is 41.7 Å². The summed E-state index contributed by atoms with van der Waals surface area (Å²) in [6.07, 6.45) is 4.77. The van der Waals surface area contributed by atoms with Crippen LogP contribution >= 0.6 is 0 Å². The Morgan fingerprint density at radius 1 is 0.857 bits per heavy atom. The summed E-state index contributed by atoms with van der Waals surface area (Å²) in [7, 11) is 0. The number of nitrogens with zero attached hydrogens (tertiary/aromatic N) is 1. The lowest BCUT2D eigenvalue weighted by atomic mass is 9.81. The van der Waals surface area contributed by atoms with E-state index in [0.29, 0.717) is 12.0 Å². The third-order valence-corrected chi connectivity index (χ3v) is 4.41. The average Bonchev–Trinajstić information content (AvgIpc) is 2.57. The second-order valence-corrected chi connectivity index (χ2v) is 5.76. The van der Waals surface area contributed by atoms with Gasteiger partial charge < -0.3 is 5.32 Å². The van der Waals surface area contributed by atoms with Crippen LogP contribution in [0.5, 0.6) is 0 Å². The Labute approximate surface area is 126 Å². The van der Waals surface area contributed by atoms with Crippen molar-refractivity contribution in [3.05, 3.63) is 65.7 Å². The highest BCUT2D eigenvalue weighted by atomic mass is 14.9. The Morgan fingerprint density at radius 2 is 1.52 bits per heavy atom. The lowest BCUT2D eigenvalue weighted by Gasteiger charge is -2.30. The molecule has 1 N–H and O–H groups in total. The molecule has 2 nitrogen and oxygen atoms in total. The Balaban J connectivity index is 1.60. The van der Waals surface area contributed by atoms with Gasteiger partial charge in [0.15, 0.2) is 0 Å². The number of benzene rings is 2. The molecule has 0 unspecified atom stereocenters. The fourth-order valence-electron chi connectivity index (χ4n) is 3.22. The molecule has 2 aromatic carbocycles. The van der Waals surface area contributed by atoms with Crippen LogP contribution in [0.2, 0.25) is 0 Å². The molecule has 0 radical (unpaired) electrons. The molecule has 0 atom stereocenters. The zero-order valence-corrected chi connectivity index (χ0v) is 12.1. The van der Waals surface area contributed by atoms with Crippen molar-refractivity contribution in [1.29, 1.82) is 5.26 Å². The maximum Gasteiger partial charge on any atom is 0.101 e.